The maximum Gasteiger partial charge on any atom is 0.434 e. The first-order valence-corrected chi connectivity index (χ1v) is 10.4. The van der Waals surface area contributed by atoms with Gasteiger partial charge in [0, 0.05) is 24.8 Å². The molecular formula is C23H22F4N4O3. The Kier molecular flexibility index (Phi) is 7.54. The molecule has 0 aliphatic rings. The van der Waals surface area contributed by atoms with Gasteiger partial charge in [-0.2, -0.15) is 18.3 Å². The Labute approximate surface area is 192 Å². The van der Waals surface area contributed by atoms with E-state index in [-0.39, 0.29) is 24.0 Å². The molecule has 0 bridgehead atoms. The summed E-state index contributed by atoms with van der Waals surface area (Å²) in [5.41, 5.74) is -2.49. The fourth-order valence-electron chi connectivity index (χ4n) is 3.27. The van der Waals surface area contributed by atoms with Gasteiger partial charge in [-0.05, 0) is 38.1 Å². The second-order valence-electron chi connectivity index (χ2n) is 7.10. The lowest BCUT2D eigenvalue weighted by Gasteiger charge is -2.18. The molecular weight excluding hydrogens is 456 g/mol. The third-order valence-corrected chi connectivity index (χ3v) is 4.93. The lowest BCUT2D eigenvalue weighted by atomic mass is 10.2. The number of benzene rings is 2. The van der Waals surface area contributed by atoms with Crippen LogP contribution < -0.4 is 10.1 Å². The number of likely N-dealkylation sites (N-methyl/N-ethyl adjacent to an activating group) is 1. The van der Waals surface area contributed by atoms with Crippen LogP contribution in [0.5, 0.6) is 5.75 Å². The molecule has 1 aromatic heterocycles. The third kappa shape index (κ3) is 5.53. The molecule has 0 saturated heterocycles. The number of anilines is 1. The summed E-state index contributed by atoms with van der Waals surface area (Å²) < 4.78 is 61.3. The van der Waals surface area contributed by atoms with Crippen LogP contribution in [0.4, 0.5) is 23.2 Å². The second-order valence-corrected chi connectivity index (χ2v) is 7.10. The molecule has 0 atom stereocenters. The van der Waals surface area contributed by atoms with Crippen LogP contribution in [0.25, 0.3) is 5.69 Å². The summed E-state index contributed by atoms with van der Waals surface area (Å²) in [6, 6.07) is 10.7. The first kappa shape index (κ1) is 24.7. The van der Waals surface area contributed by atoms with E-state index in [4.69, 9.17) is 4.74 Å². The molecule has 7 nitrogen and oxygen atoms in total. The van der Waals surface area contributed by atoms with Gasteiger partial charge in [-0.3, -0.25) is 9.59 Å². The van der Waals surface area contributed by atoms with Gasteiger partial charge >= 0.3 is 6.18 Å². The van der Waals surface area contributed by atoms with Crippen molar-refractivity contribution in [1.29, 1.82) is 0 Å². The molecule has 0 unspecified atom stereocenters. The van der Waals surface area contributed by atoms with Crippen LogP contribution in [0.3, 0.4) is 0 Å². The minimum absolute atomic E-state index is 0.143. The van der Waals surface area contributed by atoms with Gasteiger partial charge < -0.3 is 15.0 Å². The van der Waals surface area contributed by atoms with Gasteiger partial charge in [0.25, 0.3) is 11.8 Å². The Balaban J connectivity index is 1.82. The highest BCUT2D eigenvalue weighted by Gasteiger charge is 2.41. The van der Waals surface area contributed by atoms with E-state index in [0.717, 1.165) is 18.3 Å². The molecule has 3 rings (SSSR count). The maximum atomic E-state index is 14.1. The highest BCUT2D eigenvalue weighted by atomic mass is 19.4. The summed E-state index contributed by atoms with van der Waals surface area (Å²) in [5, 5.41) is 5.97. The summed E-state index contributed by atoms with van der Waals surface area (Å²) >= 11 is 0. The van der Waals surface area contributed by atoms with E-state index in [1.807, 2.05) is 13.8 Å². The normalized spacial score (nSPS) is 11.2. The summed E-state index contributed by atoms with van der Waals surface area (Å²) in [4.78, 5) is 26.4. The smallest absolute Gasteiger partial charge is 0.434 e. The summed E-state index contributed by atoms with van der Waals surface area (Å²) in [6.07, 6.45) is -4.26. The lowest BCUT2D eigenvalue weighted by Crippen LogP contribution is -2.34. The molecule has 180 valence electrons. The quantitative estimate of drug-likeness (QED) is 0.483. The fraction of sp³-hybridized carbons (Fsp3) is 0.261. The molecule has 0 fully saturated rings. The van der Waals surface area contributed by atoms with Crippen molar-refractivity contribution in [1.82, 2.24) is 14.7 Å². The molecule has 0 spiro atoms. The van der Waals surface area contributed by atoms with E-state index in [1.165, 1.54) is 30.3 Å². The van der Waals surface area contributed by atoms with Crippen molar-refractivity contribution in [2.45, 2.75) is 20.0 Å². The largest absolute Gasteiger partial charge is 0.484 e. The van der Waals surface area contributed by atoms with Crippen LogP contribution in [-0.4, -0.2) is 46.2 Å². The first-order valence-electron chi connectivity index (χ1n) is 10.4. The zero-order chi connectivity index (χ0) is 24.9. The van der Waals surface area contributed by atoms with E-state index in [1.54, 1.807) is 11.0 Å². The molecule has 1 N–H and O–H groups in total. The lowest BCUT2D eigenvalue weighted by molar-refractivity contribution is -0.143. The highest BCUT2D eigenvalue weighted by molar-refractivity contribution is 6.05. The van der Waals surface area contributed by atoms with Gasteiger partial charge in [0.1, 0.15) is 17.3 Å². The summed E-state index contributed by atoms with van der Waals surface area (Å²) in [6.45, 7) is 4.49. The molecule has 1 heterocycles. The minimum atomic E-state index is -4.98. The molecule has 34 heavy (non-hydrogen) atoms. The van der Waals surface area contributed by atoms with E-state index < -0.39 is 34.8 Å². The molecule has 3 aromatic rings. The average molecular weight is 478 g/mol. The number of nitrogens with one attached hydrogen (secondary N) is 1. The SMILES string of the molecule is CCN(CC)C(=O)COc1cccc(NC(=O)c2cnn(-c3ccccc3F)c2C(F)(F)F)c1. The van der Waals surface area contributed by atoms with Gasteiger partial charge in [-0.1, -0.05) is 18.2 Å². The Morgan fingerprint density at radius 3 is 2.44 bits per heavy atom. The Morgan fingerprint density at radius 1 is 1.09 bits per heavy atom. The van der Waals surface area contributed by atoms with Gasteiger partial charge in [0.15, 0.2) is 12.3 Å². The van der Waals surface area contributed by atoms with Crippen LogP contribution in [-0.2, 0) is 11.0 Å². The van der Waals surface area contributed by atoms with Gasteiger partial charge in [0.2, 0.25) is 0 Å². The van der Waals surface area contributed by atoms with E-state index in [0.29, 0.717) is 17.8 Å². The van der Waals surface area contributed by atoms with Crippen molar-refractivity contribution in [2.24, 2.45) is 0 Å². The summed E-state index contributed by atoms with van der Waals surface area (Å²) in [7, 11) is 0. The molecule has 2 amide bonds. The van der Waals surface area contributed by atoms with Crippen molar-refractivity contribution < 1.29 is 31.9 Å². The number of halogens is 4. The van der Waals surface area contributed by atoms with Gasteiger partial charge in [0.05, 0.1) is 11.8 Å². The standard InChI is InChI=1S/C23H22F4N4O3/c1-3-30(4-2)20(32)14-34-16-9-7-8-15(12-16)29-22(33)17-13-28-31(21(17)23(25,26)27)19-11-6-5-10-18(19)24/h5-13H,3-4,14H2,1-2H3,(H,29,33). The topological polar surface area (TPSA) is 76.5 Å². The predicted molar refractivity (Wildman–Crippen MR) is 116 cm³/mol. The molecule has 0 aliphatic heterocycles. The number of aromatic nitrogens is 2. The van der Waals surface area contributed by atoms with Crippen molar-refractivity contribution in [3.05, 3.63) is 71.8 Å². The van der Waals surface area contributed by atoms with Crippen molar-refractivity contribution >= 4 is 17.5 Å². The number of carbonyl (C=O) groups is 2. The molecule has 2 aromatic carbocycles. The van der Waals surface area contributed by atoms with Crippen LogP contribution in [0.2, 0.25) is 0 Å². The highest BCUT2D eigenvalue weighted by Crippen LogP contribution is 2.34. The van der Waals surface area contributed by atoms with Crippen molar-refractivity contribution in [2.75, 3.05) is 25.0 Å². The average Bonchev–Trinajstić information content (AvgIpc) is 3.25. The number of hydrogen-bond donors (Lipinski definition) is 1. The Morgan fingerprint density at radius 2 is 1.79 bits per heavy atom. The van der Waals surface area contributed by atoms with Gasteiger partial charge in [-0.25, -0.2) is 9.07 Å². The van der Waals surface area contributed by atoms with Crippen LogP contribution in [0.1, 0.15) is 29.9 Å². The van der Waals surface area contributed by atoms with Gasteiger partial charge in [-0.15, -0.1) is 0 Å². The van der Waals surface area contributed by atoms with E-state index in [2.05, 4.69) is 10.4 Å². The predicted octanol–water partition coefficient (Wildman–Crippen LogP) is 4.53. The molecule has 0 aliphatic carbocycles. The Bertz CT molecular complexity index is 1170. The van der Waals surface area contributed by atoms with E-state index >= 15 is 0 Å². The van der Waals surface area contributed by atoms with Crippen LogP contribution in [0, 0.1) is 5.82 Å². The number of rotatable bonds is 8. The van der Waals surface area contributed by atoms with Crippen molar-refractivity contribution in [3.63, 3.8) is 0 Å². The number of carbonyl (C=O) groups excluding carboxylic acids is 2. The first-order chi connectivity index (χ1) is 16.2. The molecule has 11 heteroatoms. The number of hydrogen-bond acceptors (Lipinski definition) is 4. The van der Waals surface area contributed by atoms with Crippen LogP contribution in [0.15, 0.2) is 54.7 Å². The number of para-hydroxylation sites is 1. The second kappa shape index (κ2) is 10.4. The monoisotopic (exact) mass is 478 g/mol. The molecule has 0 saturated carbocycles. The summed E-state index contributed by atoms with van der Waals surface area (Å²) in [5.74, 6) is -2.00. The maximum absolute atomic E-state index is 14.1. The van der Waals surface area contributed by atoms with E-state index in [9.17, 15) is 27.2 Å². The number of amides is 2. The number of ether oxygens (including phenoxy) is 1. The third-order valence-electron chi connectivity index (χ3n) is 4.93. The fourth-order valence-corrected chi connectivity index (χ4v) is 3.27. The minimum Gasteiger partial charge on any atom is -0.484 e. The molecule has 0 radical (unpaired) electrons. The Hall–Kier alpha value is -3.89. The van der Waals surface area contributed by atoms with Crippen molar-refractivity contribution in [3.8, 4) is 11.4 Å². The number of alkyl halides is 3. The zero-order valence-corrected chi connectivity index (χ0v) is 18.4. The van der Waals surface area contributed by atoms with Crippen LogP contribution >= 0.6 is 0 Å². The number of nitrogens with zero attached hydrogens (tertiary/aromatic N) is 3. The zero-order valence-electron chi connectivity index (χ0n) is 18.4.